The lowest BCUT2D eigenvalue weighted by molar-refractivity contribution is 0.0791. The Morgan fingerprint density at radius 2 is 1.30 bits per heavy atom. The molecule has 2 rings (SSSR count). The van der Waals surface area contributed by atoms with Crippen molar-refractivity contribution in [3.05, 3.63) is 0 Å². The van der Waals surface area contributed by atoms with Gasteiger partial charge in [-0.15, -0.1) is 9.24 Å². The van der Waals surface area contributed by atoms with E-state index in [1.165, 1.54) is 38.5 Å². The average Bonchev–Trinajstić information content (AvgIpc) is 2.47. The van der Waals surface area contributed by atoms with E-state index in [-0.39, 0.29) is 12.2 Å². The summed E-state index contributed by atoms with van der Waals surface area (Å²) in [4.78, 5) is 0. The Bertz CT molecular complexity index is 286. The van der Waals surface area contributed by atoms with Crippen molar-refractivity contribution in [2.24, 2.45) is 0 Å². The molecule has 20 heavy (non-hydrogen) atoms. The van der Waals surface area contributed by atoms with Gasteiger partial charge in [0.05, 0.1) is 18.4 Å². The zero-order valence-electron chi connectivity index (χ0n) is 12.6. The molecule has 118 valence electrons. The number of rotatable bonds is 7. The van der Waals surface area contributed by atoms with Gasteiger partial charge in [0.1, 0.15) is 0 Å². The Kier molecular flexibility index (Phi) is 7.53. The molecule has 1 atom stereocenters. The summed E-state index contributed by atoms with van der Waals surface area (Å²) in [7, 11) is -0.182. The molecule has 2 aliphatic carbocycles. The molecule has 0 N–H and O–H groups in total. The SMILES string of the molecule is O=P(CCCP)(OC1CCCCC1)OC1CCCCC1. The number of hydrogen-bond acceptors (Lipinski definition) is 3. The van der Waals surface area contributed by atoms with Gasteiger partial charge in [-0.25, -0.2) is 0 Å². The molecule has 0 spiro atoms. The van der Waals surface area contributed by atoms with E-state index in [4.69, 9.17) is 9.05 Å². The first-order valence-electron chi connectivity index (χ1n) is 8.38. The fourth-order valence-electron chi connectivity index (χ4n) is 3.21. The molecular formula is C15H30O3P2. The maximum absolute atomic E-state index is 13.1. The molecule has 1 unspecified atom stereocenters. The van der Waals surface area contributed by atoms with Crippen molar-refractivity contribution in [3.63, 3.8) is 0 Å². The lowest BCUT2D eigenvalue weighted by Crippen LogP contribution is -2.21. The topological polar surface area (TPSA) is 35.5 Å². The molecule has 3 nitrogen and oxygen atoms in total. The van der Waals surface area contributed by atoms with E-state index < -0.39 is 7.60 Å². The highest BCUT2D eigenvalue weighted by Crippen LogP contribution is 2.53. The van der Waals surface area contributed by atoms with Crippen LogP contribution in [0.1, 0.15) is 70.6 Å². The van der Waals surface area contributed by atoms with E-state index in [1.54, 1.807) is 0 Å². The molecule has 0 radical (unpaired) electrons. The van der Waals surface area contributed by atoms with Crippen LogP contribution in [-0.4, -0.2) is 24.5 Å². The first-order chi connectivity index (χ1) is 9.72. The Morgan fingerprint density at radius 3 is 1.70 bits per heavy atom. The highest BCUT2D eigenvalue weighted by Gasteiger charge is 2.32. The summed E-state index contributed by atoms with van der Waals surface area (Å²) in [6.45, 7) is 0. The standard InChI is InChI=1S/C15H30O3P2/c16-20(13-7-12-19,17-14-8-3-1-4-9-14)18-15-10-5-2-6-11-15/h14-15H,1-13,19H2. The second kappa shape index (κ2) is 8.89. The van der Waals surface area contributed by atoms with Crippen molar-refractivity contribution in [2.75, 3.05) is 12.3 Å². The molecule has 2 saturated carbocycles. The van der Waals surface area contributed by atoms with Crippen LogP contribution in [0.25, 0.3) is 0 Å². The molecular weight excluding hydrogens is 290 g/mol. The molecule has 0 heterocycles. The Morgan fingerprint density at radius 1 is 0.850 bits per heavy atom. The van der Waals surface area contributed by atoms with Crippen LogP contribution in [0.2, 0.25) is 0 Å². The molecule has 0 aromatic heterocycles. The summed E-state index contributed by atoms with van der Waals surface area (Å²) in [5.74, 6) is 0. The van der Waals surface area contributed by atoms with Crippen LogP contribution in [0, 0.1) is 0 Å². The molecule has 5 heteroatoms. The predicted molar refractivity (Wildman–Crippen MR) is 87.6 cm³/mol. The molecule has 2 fully saturated rings. The van der Waals surface area contributed by atoms with Gasteiger partial charge in [-0.05, 0) is 38.3 Å². The van der Waals surface area contributed by atoms with Crippen LogP contribution in [-0.2, 0) is 13.6 Å². The normalized spacial score (nSPS) is 23.1. The van der Waals surface area contributed by atoms with Gasteiger partial charge in [-0.3, -0.25) is 4.57 Å². The van der Waals surface area contributed by atoms with Crippen molar-refractivity contribution in [1.29, 1.82) is 0 Å². The van der Waals surface area contributed by atoms with Crippen molar-refractivity contribution in [2.45, 2.75) is 82.8 Å². The van der Waals surface area contributed by atoms with Crippen LogP contribution in [0.3, 0.4) is 0 Å². The van der Waals surface area contributed by atoms with Gasteiger partial charge in [0.25, 0.3) is 0 Å². The first kappa shape index (κ1) is 16.9. The Labute approximate surface area is 126 Å². The van der Waals surface area contributed by atoms with E-state index in [0.29, 0.717) is 6.16 Å². The van der Waals surface area contributed by atoms with Crippen LogP contribution in [0.5, 0.6) is 0 Å². The van der Waals surface area contributed by atoms with Gasteiger partial charge in [-0.2, -0.15) is 0 Å². The molecule has 0 amide bonds. The zero-order valence-corrected chi connectivity index (χ0v) is 14.6. The van der Waals surface area contributed by atoms with Gasteiger partial charge in [-0.1, -0.05) is 38.5 Å². The molecule has 0 aromatic rings. The van der Waals surface area contributed by atoms with Gasteiger partial charge < -0.3 is 9.05 Å². The molecule has 0 aromatic carbocycles. The van der Waals surface area contributed by atoms with Crippen molar-refractivity contribution >= 4 is 16.8 Å². The summed E-state index contributed by atoms with van der Waals surface area (Å²) < 4.78 is 25.1. The average molecular weight is 320 g/mol. The third kappa shape index (κ3) is 5.76. The maximum atomic E-state index is 13.1. The second-order valence-corrected chi connectivity index (χ2v) is 8.88. The van der Waals surface area contributed by atoms with E-state index in [9.17, 15) is 4.57 Å². The minimum Gasteiger partial charge on any atom is -0.305 e. The van der Waals surface area contributed by atoms with Crippen LogP contribution >= 0.6 is 16.8 Å². The Balaban J connectivity index is 1.90. The fourth-order valence-corrected chi connectivity index (χ4v) is 5.92. The third-order valence-electron chi connectivity index (χ3n) is 4.36. The first-order valence-corrected chi connectivity index (χ1v) is 10.9. The van der Waals surface area contributed by atoms with Crippen LogP contribution in [0.4, 0.5) is 0 Å². The Hall–Kier alpha value is 0.580. The van der Waals surface area contributed by atoms with Gasteiger partial charge in [0, 0.05) is 0 Å². The molecule has 0 saturated heterocycles. The van der Waals surface area contributed by atoms with E-state index in [2.05, 4.69) is 9.24 Å². The van der Waals surface area contributed by atoms with Crippen molar-refractivity contribution < 1.29 is 13.6 Å². The summed E-state index contributed by atoms with van der Waals surface area (Å²) >= 11 is 0. The van der Waals surface area contributed by atoms with Gasteiger partial charge >= 0.3 is 7.60 Å². The lowest BCUT2D eigenvalue weighted by atomic mass is 9.98. The zero-order chi connectivity index (χ0) is 14.3. The van der Waals surface area contributed by atoms with E-state index in [0.717, 1.165) is 38.3 Å². The summed E-state index contributed by atoms with van der Waals surface area (Å²) in [5, 5.41) is 0. The van der Waals surface area contributed by atoms with E-state index >= 15 is 0 Å². The number of hydrogen-bond donors (Lipinski definition) is 0. The molecule has 2 aliphatic rings. The minimum atomic E-state index is -2.89. The highest BCUT2D eigenvalue weighted by atomic mass is 31.2. The van der Waals surface area contributed by atoms with Crippen LogP contribution < -0.4 is 0 Å². The van der Waals surface area contributed by atoms with Crippen LogP contribution in [0.15, 0.2) is 0 Å². The second-order valence-electron chi connectivity index (χ2n) is 6.21. The minimum absolute atomic E-state index is 0.169. The summed E-state index contributed by atoms with van der Waals surface area (Å²) in [6, 6.07) is 0. The monoisotopic (exact) mass is 320 g/mol. The quantitative estimate of drug-likeness (QED) is 0.609. The van der Waals surface area contributed by atoms with Gasteiger partial charge in [0.2, 0.25) is 0 Å². The van der Waals surface area contributed by atoms with Gasteiger partial charge in [0.15, 0.2) is 0 Å². The summed E-state index contributed by atoms with van der Waals surface area (Å²) in [5.41, 5.74) is 0. The summed E-state index contributed by atoms with van der Waals surface area (Å²) in [6.07, 6.45) is 14.4. The van der Waals surface area contributed by atoms with Crippen molar-refractivity contribution in [1.82, 2.24) is 0 Å². The molecule has 0 aliphatic heterocycles. The third-order valence-corrected chi connectivity index (χ3v) is 6.87. The smallest absolute Gasteiger partial charge is 0.305 e. The lowest BCUT2D eigenvalue weighted by Gasteiger charge is -2.31. The largest absolute Gasteiger partial charge is 0.331 e. The predicted octanol–water partition coefficient (Wildman–Crippen LogP) is 5.14. The van der Waals surface area contributed by atoms with Crippen molar-refractivity contribution in [3.8, 4) is 0 Å². The fraction of sp³-hybridized carbons (Fsp3) is 1.00. The van der Waals surface area contributed by atoms with E-state index in [1.807, 2.05) is 0 Å². The molecule has 0 bridgehead atoms. The maximum Gasteiger partial charge on any atom is 0.331 e. The highest BCUT2D eigenvalue weighted by molar-refractivity contribution is 7.53.